The average Bonchev–Trinajstić information content (AvgIpc) is 2.79. The van der Waals surface area contributed by atoms with Crippen molar-refractivity contribution in [2.24, 2.45) is 0 Å². The molecule has 1 heterocycles. The maximum absolute atomic E-state index is 11.8. The molecular weight excluding hydrogens is 258 g/mol. The number of likely N-dealkylation sites (tertiary alicyclic amines) is 1. The number of nitrogens with zero attached hydrogens (tertiary/aromatic N) is 1. The van der Waals surface area contributed by atoms with Crippen LogP contribution in [0.1, 0.15) is 29.6 Å². The molecule has 1 amide bonds. The van der Waals surface area contributed by atoms with Gasteiger partial charge in [0.1, 0.15) is 0 Å². The van der Waals surface area contributed by atoms with Gasteiger partial charge in [-0.1, -0.05) is 0 Å². The Kier molecular flexibility index (Phi) is 4.45. The van der Waals surface area contributed by atoms with Gasteiger partial charge in [-0.05, 0) is 31.0 Å². The van der Waals surface area contributed by atoms with Crippen molar-refractivity contribution in [1.29, 1.82) is 0 Å². The first-order chi connectivity index (χ1) is 9.56. The number of carbonyl (C=O) groups is 2. The zero-order chi connectivity index (χ0) is 14.5. The van der Waals surface area contributed by atoms with E-state index in [0.717, 1.165) is 13.0 Å². The monoisotopic (exact) mass is 277 g/mol. The second kappa shape index (κ2) is 6.27. The van der Waals surface area contributed by atoms with E-state index in [2.05, 4.69) is 0 Å². The molecule has 1 fully saturated rings. The topological polar surface area (TPSA) is 98.7 Å². The molecule has 1 saturated heterocycles. The zero-order valence-corrected chi connectivity index (χ0v) is 11.3. The quantitative estimate of drug-likeness (QED) is 0.475. The van der Waals surface area contributed by atoms with Crippen LogP contribution in [0.3, 0.4) is 0 Å². The summed E-state index contributed by atoms with van der Waals surface area (Å²) >= 11 is 0. The molecule has 0 aromatic heterocycles. The molecule has 0 atom stereocenters. The minimum absolute atomic E-state index is 0.180. The second-order valence-corrected chi connectivity index (χ2v) is 4.86. The van der Waals surface area contributed by atoms with Crippen molar-refractivity contribution < 1.29 is 14.3 Å². The van der Waals surface area contributed by atoms with Gasteiger partial charge >= 0.3 is 5.97 Å². The lowest BCUT2D eigenvalue weighted by atomic mass is 10.2. The molecule has 0 saturated carbocycles. The van der Waals surface area contributed by atoms with E-state index in [9.17, 15) is 9.59 Å². The van der Waals surface area contributed by atoms with Gasteiger partial charge in [-0.2, -0.15) is 0 Å². The molecule has 0 unspecified atom stereocenters. The van der Waals surface area contributed by atoms with Crippen LogP contribution in [0, 0.1) is 0 Å². The number of nitrogens with two attached hydrogens (primary N) is 2. The van der Waals surface area contributed by atoms with Crippen molar-refractivity contribution in [3.05, 3.63) is 23.8 Å². The van der Waals surface area contributed by atoms with Crippen molar-refractivity contribution >= 4 is 23.3 Å². The van der Waals surface area contributed by atoms with Crippen LogP contribution in [0.5, 0.6) is 0 Å². The van der Waals surface area contributed by atoms with E-state index in [1.165, 1.54) is 12.1 Å². The van der Waals surface area contributed by atoms with Crippen molar-refractivity contribution in [2.75, 3.05) is 31.2 Å². The van der Waals surface area contributed by atoms with Crippen LogP contribution in [0.4, 0.5) is 11.4 Å². The van der Waals surface area contributed by atoms with E-state index < -0.39 is 5.97 Å². The average molecular weight is 277 g/mol. The third-order valence-corrected chi connectivity index (χ3v) is 3.19. The van der Waals surface area contributed by atoms with Gasteiger partial charge in [-0.3, -0.25) is 4.79 Å². The molecule has 1 aliphatic rings. The highest BCUT2D eigenvalue weighted by molar-refractivity contribution is 5.91. The van der Waals surface area contributed by atoms with E-state index in [1.54, 1.807) is 11.0 Å². The normalized spacial score (nSPS) is 14.6. The Labute approximate surface area is 117 Å². The summed E-state index contributed by atoms with van der Waals surface area (Å²) in [5.41, 5.74) is 12.4. The van der Waals surface area contributed by atoms with Crippen molar-refractivity contribution in [1.82, 2.24) is 4.90 Å². The molecule has 0 radical (unpaired) electrons. The number of anilines is 2. The van der Waals surface area contributed by atoms with Gasteiger partial charge in [-0.25, -0.2) is 4.79 Å². The lowest BCUT2D eigenvalue weighted by molar-refractivity contribution is -0.127. The highest BCUT2D eigenvalue weighted by Crippen LogP contribution is 2.15. The Balaban J connectivity index is 1.76. The van der Waals surface area contributed by atoms with Gasteiger partial charge in [0.15, 0.2) is 0 Å². The standard InChI is InChI=1S/C14H19N3O3/c15-11-7-10(8-12(16)9-11)14(19)20-6-2-5-17-4-1-3-13(17)18/h7-9H,1-6,15-16H2. The third kappa shape index (κ3) is 3.63. The maximum atomic E-state index is 11.8. The van der Waals surface area contributed by atoms with E-state index in [0.29, 0.717) is 36.3 Å². The second-order valence-electron chi connectivity index (χ2n) is 4.86. The molecule has 1 aliphatic heterocycles. The van der Waals surface area contributed by atoms with Crippen LogP contribution in [0.15, 0.2) is 18.2 Å². The molecule has 108 valence electrons. The fourth-order valence-corrected chi connectivity index (χ4v) is 2.24. The Morgan fingerprint density at radius 3 is 2.55 bits per heavy atom. The molecule has 0 spiro atoms. The van der Waals surface area contributed by atoms with Crippen LogP contribution < -0.4 is 11.5 Å². The van der Waals surface area contributed by atoms with Gasteiger partial charge in [-0.15, -0.1) is 0 Å². The van der Waals surface area contributed by atoms with Crippen LogP contribution in [0.25, 0.3) is 0 Å². The fourth-order valence-electron chi connectivity index (χ4n) is 2.24. The molecule has 6 nitrogen and oxygen atoms in total. The first-order valence-corrected chi connectivity index (χ1v) is 6.67. The summed E-state index contributed by atoms with van der Waals surface area (Å²) in [5.74, 6) is -0.267. The Bertz CT molecular complexity index is 496. The van der Waals surface area contributed by atoms with E-state index in [-0.39, 0.29) is 12.5 Å². The van der Waals surface area contributed by atoms with Crippen molar-refractivity contribution in [3.63, 3.8) is 0 Å². The summed E-state index contributed by atoms with van der Waals surface area (Å²) in [7, 11) is 0. The number of carbonyl (C=O) groups excluding carboxylic acids is 2. The summed E-state index contributed by atoms with van der Waals surface area (Å²) in [6.45, 7) is 1.71. The SMILES string of the molecule is Nc1cc(N)cc(C(=O)OCCCN2CCCC2=O)c1. The first kappa shape index (κ1) is 14.2. The molecular formula is C14H19N3O3. The Hall–Kier alpha value is -2.24. The van der Waals surface area contributed by atoms with Crippen molar-refractivity contribution in [2.45, 2.75) is 19.3 Å². The van der Waals surface area contributed by atoms with Crippen LogP contribution >= 0.6 is 0 Å². The Morgan fingerprint density at radius 1 is 1.25 bits per heavy atom. The van der Waals surface area contributed by atoms with E-state index in [1.807, 2.05) is 0 Å². The predicted octanol–water partition coefficient (Wildman–Crippen LogP) is 1.02. The molecule has 20 heavy (non-hydrogen) atoms. The van der Waals surface area contributed by atoms with Gasteiger partial charge < -0.3 is 21.1 Å². The van der Waals surface area contributed by atoms with Gasteiger partial charge in [0, 0.05) is 30.9 Å². The number of amides is 1. The highest BCUT2D eigenvalue weighted by atomic mass is 16.5. The molecule has 1 aromatic carbocycles. The molecule has 0 aliphatic carbocycles. The fraction of sp³-hybridized carbons (Fsp3) is 0.429. The first-order valence-electron chi connectivity index (χ1n) is 6.67. The Morgan fingerprint density at radius 2 is 1.95 bits per heavy atom. The summed E-state index contributed by atoms with van der Waals surface area (Å²) in [6.07, 6.45) is 2.18. The number of ether oxygens (including phenoxy) is 1. The summed E-state index contributed by atoms with van der Waals surface area (Å²) < 4.78 is 5.15. The number of rotatable bonds is 5. The molecule has 0 bridgehead atoms. The predicted molar refractivity (Wildman–Crippen MR) is 76.0 cm³/mol. The molecule has 1 aromatic rings. The smallest absolute Gasteiger partial charge is 0.338 e. The lowest BCUT2D eigenvalue weighted by Gasteiger charge is -2.15. The van der Waals surface area contributed by atoms with E-state index >= 15 is 0 Å². The lowest BCUT2D eigenvalue weighted by Crippen LogP contribution is -2.26. The minimum Gasteiger partial charge on any atom is -0.462 e. The number of hydrogen-bond donors (Lipinski definition) is 2. The highest BCUT2D eigenvalue weighted by Gasteiger charge is 2.19. The van der Waals surface area contributed by atoms with Crippen molar-refractivity contribution in [3.8, 4) is 0 Å². The summed E-state index contributed by atoms with van der Waals surface area (Å²) in [4.78, 5) is 25.0. The molecule has 4 N–H and O–H groups in total. The van der Waals surface area contributed by atoms with Crippen LogP contribution in [-0.4, -0.2) is 36.5 Å². The largest absolute Gasteiger partial charge is 0.462 e. The maximum Gasteiger partial charge on any atom is 0.338 e. The number of benzene rings is 1. The van der Waals surface area contributed by atoms with Crippen LogP contribution in [-0.2, 0) is 9.53 Å². The number of esters is 1. The summed E-state index contributed by atoms with van der Waals surface area (Å²) in [6, 6.07) is 4.64. The number of hydrogen-bond acceptors (Lipinski definition) is 5. The minimum atomic E-state index is -0.447. The van der Waals surface area contributed by atoms with Crippen LogP contribution in [0.2, 0.25) is 0 Å². The van der Waals surface area contributed by atoms with Gasteiger partial charge in [0.05, 0.1) is 12.2 Å². The van der Waals surface area contributed by atoms with Gasteiger partial charge in [0.25, 0.3) is 0 Å². The van der Waals surface area contributed by atoms with E-state index in [4.69, 9.17) is 16.2 Å². The molecule has 6 heteroatoms. The number of nitrogen functional groups attached to an aromatic ring is 2. The van der Waals surface area contributed by atoms with Gasteiger partial charge in [0.2, 0.25) is 5.91 Å². The molecule has 2 rings (SSSR count). The summed E-state index contributed by atoms with van der Waals surface area (Å²) in [5, 5.41) is 0. The third-order valence-electron chi connectivity index (χ3n) is 3.19. The zero-order valence-electron chi connectivity index (χ0n) is 11.3.